The standard InChI is InChI=1S/C8H12N4O2S/c1-4-15-8-10-7(9-5(2)13)11-12(8)6(3)14/h4H2,1-3H3,(H,9,11,13). The second-order valence-corrected chi connectivity index (χ2v) is 3.99. The van der Waals surface area contributed by atoms with E-state index in [1.165, 1.54) is 30.3 Å². The minimum absolute atomic E-state index is 0.161. The predicted molar refractivity (Wildman–Crippen MR) is 57.0 cm³/mol. The van der Waals surface area contributed by atoms with Crippen LogP contribution >= 0.6 is 11.8 Å². The zero-order valence-corrected chi connectivity index (χ0v) is 9.59. The summed E-state index contributed by atoms with van der Waals surface area (Å²) in [5, 5.41) is 6.80. The van der Waals surface area contributed by atoms with Crippen LogP contribution in [0.4, 0.5) is 5.95 Å². The first kappa shape index (κ1) is 11.7. The molecule has 0 spiro atoms. The van der Waals surface area contributed by atoms with E-state index in [1.54, 1.807) is 0 Å². The highest BCUT2D eigenvalue weighted by Crippen LogP contribution is 2.16. The third-order valence-corrected chi connectivity index (χ3v) is 2.25. The van der Waals surface area contributed by atoms with E-state index in [1.807, 2.05) is 6.92 Å². The van der Waals surface area contributed by atoms with Crippen molar-refractivity contribution in [3.8, 4) is 0 Å². The Morgan fingerprint density at radius 2 is 2.13 bits per heavy atom. The van der Waals surface area contributed by atoms with E-state index in [0.29, 0.717) is 5.16 Å². The Morgan fingerprint density at radius 1 is 1.47 bits per heavy atom. The molecule has 0 fully saturated rings. The van der Waals surface area contributed by atoms with Crippen LogP contribution in [0.3, 0.4) is 0 Å². The monoisotopic (exact) mass is 228 g/mol. The number of anilines is 1. The van der Waals surface area contributed by atoms with Crippen molar-refractivity contribution in [2.45, 2.75) is 25.9 Å². The van der Waals surface area contributed by atoms with Crippen LogP contribution < -0.4 is 5.32 Å². The van der Waals surface area contributed by atoms with E-state index in [9.17, 15) is 9.59 Å². The highest BCUT2D eigenvalue weighted by molar-refractivity contribution is 7.99. The lowest BCUT2D eigenvalue weighted by atomic mass is 10.7. The smallest absolute Gasteiger partial charge is 0.250 e. The predicted octanol–water partition coefficient (Wildman–Crippen LogP) is 1.01. The Kier molecular flexibility index (Phi) is 3.84. The van der Waals surface area contributed by atoms with Gasteiger partial charge < -0.3 is 0 Å². The molecule has 0 aliphatic rings. The summed E-state index contributed by atoms with van der Waals surface area (Å²) >= 11 is 1.40. The fourth-order valence-corrected chi connectivity index (χ4v) is 1.64. The molecular formula is C8H12N4O2S. The molecule has 0 saturated carbocycles. The molecule has 1 amide bonds. The third kappa shape index (κ3) is 3.05. The van der Waals surface area contributed by atoms with Crippen molar-refractivity contribution >= 4 is 29.5 Å². The van der Waals surface area contributed by atoms with E-state index in [0.717, 1.165) is 5.75 Å². The molecule has 1 heterocycles. The zero-order chi connectivity index (χ0) is 11.4. The molecule has 1 N–H and O–H groups in total. The molecular weight excluding hydrogens is 216 g/mol. The second kappa shape index (κ2) is 4.92. The van der Waals surface area contributed by atoms with Crippen LogP contribution in [0.2, 0.25) is 0 Å². The van der Waals surface area contributed by atoms with Crippen LogP contribution in [0.5, 0.6) is 0 Å². The van der Waals surface area contributed by atoms with E-state index in [-0.39, 0.29) is 17.8 Å². The molecule has 0 saturated heterocycles. The minimum atomic E-state index is -0.260. The van der Waals surface area contributed by atoms with E-state index in [4.69, 9.17) is 0 Å². The number of aromatic nitrogens is 3. The van der Waals surface area contributed by atoms with Gasteiger partial charge in [0.25, 0.3) is 0 Å². The molecule has 1 aromatic heterocycles. The van der Waals surface area contributed by atoms with Crippen LogP contribution in [0, 0.1) is 0 Å². The normalized spacial score (nSPS) is 10.1. The number of amides is 1. The van der Waals surface area contributed by atoms with Crippen LogP contribution in [0.1, 0.15) is 25.6 Å². The van der Waals surface area contributed by atoms with Crippen molar-refractivity contribution in [3.05, 3.63) is 0 Å². The number of hydrogen-bond acceptors (Lipinski definition) is 5. The van der Waals surface area contributed by atoms with Gasteiger partial charge in [-0.3, -0.25) is 14.9 Å². The van der Waals surface area contributed by atoms with E-state index >= 15 is 0 Å². The number of carbonyl (C=O) groups is 2. The van der Waals surface area contributed by atoms with Crippen LogP contribution in [-0.2, 0) is 4.79 Å². The largest absolute Gasteiger partial charge is 0.293 e. The number of hydrogen-bond donors (Lipinski definition) is 1. The number of rotatable bonds is 3. The molecule has 15 heavy (non-hydrogen) atoms. The van der Waals surface area contributed by atoms with Gasteiger partial charge in [-0.25, -0.2) is 0 Å². The molecule has 0 aliphatic carbocycles. The summed E-state index contributed by atoms with van der Waals surface area (Å²) in [6.45, 7) is 4.70. The molecule has 82 valence electrons. The van der Waals surface area contributed by atoms with Gasteiger partial charge in [-0.15, -0.1) is 5.10 Å². The van der Waals surface area contributed by atoms with Crippen LogP contribution in [0.25, 0.3) is 0 Å². The Morgan fingerprint density at radius 3 is 2.60 bits per heavy atom. The van der Waals surface area contributed by atoms with Crippen LogP contribution in [-0.4, -0.2) is 32.3 Å². The van der Waals surface area contributed by atoms with Gasteiger partial charge >= 0.3 is 0 Å². The van der Waals surface area contributed by atoms with Crippen molar-refractivity contribution in [2.24, 2.45) is 0 Å². The van der Waals surface area contributed by atoms with Gasteiger partial charge in [0.15, 0.2) is 5.16 Å². The number of nitrogens with zero attached hydrogens (tertiary/aromatic N) is 3. The molecule has 1 rings (SSSR count). The fourth-order valence-electron chi connectivity index (χ4n) is 0.936. The van der Waals surface area contributed by atoms with Crippen molar-refractivity contribution in [1.82, 2.24) is 14.8 Å². The molecule has 0 aromatic carbocycles. The molecule has 6 nitrogen and oxygen atoms in total. The lowest BCUT2D eigenvalue weighted by Gasteiger charge is -1.96. The van der Waals surface area contributed by atoms with Gasteiger partial charge in [0.2, 0.25) is 17.8 Å². The van der Waals surface area contributed by atoms with Crippen molar-refractivity contribution in [3.63, 3.8) is 0 Å². The van der Waals surface area contributed by atoms with Gasteiger partial charge in [-0.05, 0) is 5.75 Å². The molecule has 0 unspecified atom stereocenters. The van der Waals surface area contributed by atoms with Crippen molar-refractivity contribution < 1.29 is 9.59 Å². The summed E-state index contributed by atoms with van der Waals surface area (Å²) in [5.74, 6) is 0.457. The first-order valence-corrected chi connectivity index (χ1v) is 5.41. The number of carbonyl (C=O) groups excluding carboxylic acids is 2. The molecule has 1 aromatic rings. The Balaban J connectivity index is 2.97. The summed E-state index contributed by atoms with van der Waals surface area (Å²) in [6.07, 6.45) is 0. The Labute approximate surface area is 91.4 Å². The summed E-state index contributed by atoms with van der Waals surface area (Å²) in [7, 11) is 0. The summed E-state index contributed by atoms with van der Waals surface area (Å²) in [5.41, 5.74) is 0. The first-order valence-electron chi connectivity index (χ1n) is 4.43. The van der Waals surface area contributed by atoms with Gasteiger partial charge in [-0.1, -0.05) is 18.7 Å². The fraction of sp³-hybridized carbons (Fsp3) is 0.500. The minimum Gasteiger partial charge on any atom is -0.293 e. The molecule has 0 bridgehead atoms. The van der Waals surface area contributed by atoms with E-state index in [2.05, 4.69) is 15.4 Å². The van der Waals surface area contributed by atoms with Crippen LogP contribution in [0.15, 0.2) is 5.16 Å². The Bertz CT molecular complexity index is 388. The summed E-state index contributed by atoms with van der Waals surface area (Å²) in [6, 6.07) is 0. The average Bonchev–Trinajstić information content (AvgIpc) is 2.47. The van der Waals surface area contributed by atoms with Gasteiger partial charge in [0, 0.05) is 13.8 Å². The van der Waals surface area contributed by atoms with Crippen molar-refractivity contribution in [1.29, 1.82) is 0 Å². The maximum absolute atomic E-state index is 11.2. The lowest BCUT2D eigenvalue weighted by Crippen LogP contribution is -2.11. The average molecular weight is 228 g/mol. The van der Waals surface area contributed by atoms with Gasteiger partial charge in [0.05, 0.1) is 0 Å². The van der Waals surface area contributed by atoms with Gasteiger partial charge in [0.1, 0.15) is 0 Å². The van der Waals surface area contributed by atoms with E-state index < -0.39 is 0 Å². The second-order valence-electron chi connectivity index (χ2n) is 2.76. The van der Waals surface area contributed by atoms with Crippen molar-refractivity contribution in [2.75, 3.05) is 11.1 Å². The molecule has 0 atom stereocenters. The maximum atomic E-state index is 11.2. The molecule has 7 heteroatoms. The molecule has 0 radical (unpaired) electrons. The number of thioether (sulfide) groups is 1. The first-order chi connectivity index (χ1) is 7.04. The Hall–Kier alpha value is -1.37. The summed E-state index contributed by atoms with van der Waals surface area (Å²) < 4.78 is 1.18. The highest BCUT2D eigenvalue weighted by atomic mass is 32.2. The SMILES string of the molecule is CCSc1nc(NC(C)=O)nn1C(C)=O. The third-order valence-electron chi connectivity index (χ3n) is 1.44. The number of nitrogens with one attached hydrogen (secondary N) is 1. The molecule has 0 aliphatic heterocycles. The quantitative estimate of drug-likeness (QED) is 0.781. The summed E-state index contributed by atoms with van der Waals surface area (Å²) in [4.78, 5) is 26.0. The lowest BCUT2D eigenvalue weighted by molar-refractivity contribution is -0.114. The maximum Gasteiger partial charge on any atom is 0.250 e. The topological polar surface area (TPSA) is 76.9 Å². The van der Waals surface area contributed by atoms with Gasteiger partial charge in [-0.2, -0.15) is 9.67 Å². The highest BCUT2D eigenvalue weighted by Gasteiger charge is 2.13. The zero-order valence-electron chi connectivity index (χ0n) is 8.77.